The SMILES string of the molecule is COc1ccccc1CCN1CCN(C(=O)Cc2ccc(C)cc2)CC1. The van der Waals surface area contributed by atoms with Crippen LogP contribution in [-0.2, 0) is 17.6 Å². The highest BCUT2D eigenvalue weighted by molar-refractivity contribution is 5.78. The summed E-state index contributed by atoms with van der Waals surface area (Å²) in [6.45, 7) is 6.58. The van der Waals surface area contributed by atoms with Crippen molar-refractivity contribution < 1.29 is 9.53 Å². The molecule has 0 saturated carbocycles. The van der Waals surface area contributed by atoms with Gasteiger partial charge in [-0.3, -0.25) is 9.69 Å². The predicted octanol–water partition coefficient (Wildman–Crippen LogP) is 2.93. The lowest BCUT2D eigenvalue weighted by Crippen LogP contribution is -2.49. The first-order valence-corrected chi connectivity index (χ1v) is 9.33. The summed E-state index contributed by atoms with van der Waals surface area (Å²) < 4.78 is 5.43. The molecule has 4 heteroatoms. The molecule has 1 heterocycles. The molecule has 4 nitrogen and oxygen atoms in total. The minimum absolute atomic E-state index is 0.234. The third kappa shape index (κ3) is 4.85. The highest BCUT2D eigenvalue weighted by atomic mass is 16.5. The van der Waals surface area contributed by atoms with Crippen LogP contribution in [0.5, 0.6) is 5.75 Å². The number of amides is 1. The maximum absolute atomic E-state index is 12.5. The van der Waals surface area contributed by atoms with Gasteiger partial charge in [-0.05, 0) is 30.5 Å². The molecule has 0 aromatic heterocycles. The Kier molecular flexibility index (Phi) is 6.29. The van der Waals surface area contributed by atoms with Crippen molar-refractivity contribution in [2.75, 3.05) is 39.8 Å². The summed E-state index contributed by atoms with van der Waals surface area (Å²) in [6, 6.07) is 16.4. The second-order valence-electron chi connectivity index (χ2n) is 6.95. The van der Waals surface area contributed by atoms with Crippen LogP contribution in [-0.4, -0.2) is 55.5 Å². The Bertz CT molecular complexity index is 719. The fourth-order valence-electron chi connectivity index (χ4n) is 3.40. The van der Waals surface area contributed by atoms with Crippen molar-refractivity contribution in [1.82, 2.24) is 9.80 Å². The van der Waals surface area contributed by atoms with E-state index in [9.17, 15) is 4.79 Å². The van der Waals surface area contributed by atoms with Crippen LogP contribution in [0.2, 0.25) is 0 Å². The third-order valence-corrected chi connectivity index (χ3v) is 5.09. The summed E-state index contributed by atoms with van der Waals surface area (Å²) in [7, 11) is 1.72. The number of carbonyl (C=O) groups excluding carboxylic acids is 1. The van der Waals surface area contributed by atoms with Gasteiger partial charge in [0.2, 0.25) is 5.91 Å². The first kappa shape index (κ1) is 18.5. The van der Waals surface area contributed by atoms with Crippen LogP contribution in [0, 0.1) is 6.92 Å². The zero-order chi connectivity index (χ0) is 18.4. The van der Waals surface area contributed by atoms with E-state index in [1.165, 1.54) is 11.1 Å². The van der Waals surface area contributed by atoms with Crippen molar-refractivity contribution in [3.63, 3.8) is 0 Å². The van der Waals surface area contributed by atoms with E-state index in [1.54, 1.807) is 7.11 Å². The lowest BCUT2D eigenvalue weighted by atomic mass is 10.1. The minimum Gasteiger partial charge on any atom is -0.496 e. The molecule has 1 aliphatic rings. The van der Waals surface area contributed by atoms with E-state index in [-0.39, 0.29) is 5.91 Å². The van der Waals surface area contributed by atoms with Gasteiger partial charge >= 0.3 is 0 Å². The molecule has 1 aliphatic heterocycles. The standard InChI is InChI=1S/C22H28N2O2/c1-18-7-9-19(10-8-18)17-22(25)24-15-13-23(14-16-24)12-11-20-5-3-4-6-21(20)26-2/h3-10H,11-17H2,1-2H3. The van der Waals surface area contributed by atoms with E-state index in [4.69, 9.17) is 4.74 Å². The van der Waals surface area contributed by atoms with E-state index in [1.807, 2.05) is 17.0 Å². The van der Waals surface area contributed by atoms with E-state index in [2.05, 4.69) is 48.2 Å². The van der Waals surface area contributed by atoms with Crippen LogP contribution < -0.4 is 4.74 Å². The largest absolute Gasteiger partial charge is 0.496 e. The van der Waals surface area contributed by atoms with Crippen molar-refractivity contribution >= 4 is 5.91 Å². The Morgan fingerprint density at radius 2 is 1.69 bits per heavy atom. The minimum atomic E-state index is 0.234. The van der Waals surface area contributed by atoms with Crippen LogP contribution in [0.25, 0.3) is 0 Å². The van der Waals surface area contributed by atoms with Crippen LogP contribution in [0.15, 0.2) is 48.5 Å². The van der Waals surface area contributed by atoms with Gasteiger partial charge in [0.1, 0.15) is 5.75 Å². The molecule has 2 aromatic carbocycles. The van der Waals surface area contributed by atoms with Gasteiger partial charge in [-0.25, -0.2) is 0 Å². The third-order valence-electron chi connectivity index (χ3n) is 5.09. The number of para-hydroxylation sites is 1. The van der Waals surface area contributed by atoms with Gasteiger partial charge in [0.15, 0.2) is 0 Å². The molecule has 0 N–H and O–H groups in total. The van der Waals surface area contributed by atoms with Gasteiger partial charge in [-0.2, -0.15) is 0 Å². The smallest absolute Gasteiger partial charge is 0.227 e. The summed E-state index contributed by atoms with van der Waals surface area (Å²) >= 11 is 0. The Balaban J connectivity index is 1.45. The van der Waals surface area contributed by atoms with Gasteiger partial charge in [0, 0.05) is 32.7 Å². The van der Waals surface area contributed by atoms with Crippen molar-refractivity contribution in [3.05, 3.63) is 65.2 Å². The molecular formula is C22H28N2O2. The Labute approximate surface area is 156 Å². The van der Waals surface area contributed by atoms with E-state index >= 15 is 0 Å². The lowest BCUT2D eigenvalue weighted by Gasteiger charge is -2.35. The van der Waals surface area contributed by atoms with Crippen LogP contribution in [0.1, 0.15) is 16.7 Å². The molecule has 0 aliphatic carbocycles. The molecule has 0 unspecified atom stereocenters. The second kappa shape index (κ2) is 8.86. The van der Waals surface area contributed by atoms with Crippen molar-refractivity contribution in [3.8, 4) is 5.75 Å². The van der Waals surface area contributed by atoms with Gasteiger partial charge < -0.3 is 9.64 Å². The molecule has 0 bridgehead atoms. The first-order valence-electron chi connectivity index (χ1n) is 9.33. The number of nitrogens with zero attached hydrogens (tertiary/aromatic N) is 2. The van der Waals surface area contributed by atoms with E-state index < -0.39 is 0 Å². The molecule has 1 fully saturated rings. The summed E-state index contributed by atoms with van der Waals surface area (Å²) in [5.41, 5.74) is 3.57. The number of ether oxygens (including phenoxy) is 1. The zero-order valence-corrected chi connectivity index (χ0v) is 15.8. The quantitative estimate of drug-likeness (QED) is 0.801. The molecule has 3 rings (SSSR count). The van der Waals surface area contributed by atoms with Crippen molar-refractivity contribution in [2.24, 2.45) is 0 Å². The number of piperazine rings is 1. The highest BCUT2D eigenvalue weighted by Crippen LogP contribution is 2.18. The number of benzene rings is 2. The molecule has 26 heavy (non-hydrogen) atoms. The fraction of sp³-hybridized carbons (Fsp3) is 0.409. The fourth-order valence-corrected chi connectivity index (χ4v) is 3.40. The molecule has 0 radical (unpaired) electrons. The number of aryl methyl sites for hydroxylation is 1. The van der Waals surface area contributed by atoms with Crippen LogP contribution in [0.3, 0.4) is 0 Å². The summed E-state index contributed by atoms with van der Waals surface area (Å²) in [5, 5.41) is 0. The first-order chi connectivity index (χ1) is 12.7. The monoisotopic (exact) mass is 352 g/mol. The second-order valence-corrected chi connectivity index (χ2v) is 6.95. The molecule has 138 valence electrons. The molecule has 0 spiro atoms. The molecular weight excluding hydrogens is 324 g/mol. The molecule has 0 atom stereocenters. The maximum atomic E-state index is 12.5. The lowest BCUT2D eigenvalue weighted by molar-refractivity contribution is -0.132. The molecule has 2 aromatic rings. The van der Waals surface area contributed by atoms with Gasteiger partial charge in [-0.1, -0.05) is 48.0 Å². The number of hydrogen-bond donors (Lipinski definition) is 0. The topological polar surface area (TPSA) is 32.8 Å². The number of hydrogen-bond acceptors (Lipinski definition) is 3. The van der Waals surface area contributed by atoms with Gasteiger partial charge in [-0.15, -0.1) is 0 Å². The summed E-state index contributed by atoms with van der Waals surface area (Å²) in [4.78, 5) is 16.9. The van der Waals surface area contributed by atoms with Crippen molar-refractivity contribution in [1.29, 1.82) is 0 Å². The zero-order valence-electron chi connectivity index (χ0n) is 15.8. The van der Waals surface area contributed by atoms with E-state index in [0.29, 0.717) is 6.42 Å². The Morgan fingerprint density at radius 3 is 2.38 bits per heavy atom. The van der Waals surface area contributed by atoms with Gasteiger partial charge in [0.25, 0.3) is 0 Å². The Hall–Kier alpha value is -2.33. The van der Waals surface area contributed by atoms with Crippen molar-refractivity contribution in [2.45, 2.75) is 19.8 Å². The highest BCUT2D eigenvalue weighted by Gasteiger charge is 2.21. The normalized spacial score (nSPS) is 15.1. The maximum Gasteiger partial charge on any atom is 0.227 e. The molecule has 1 saturated heterocycles. The average molecular weight is 352 g/mol. The predicted molar refractivity (Wildman–Crippen MR) is 105 cm³/mol. The van der Waals surface area contributed by atoms with Crippen LogP contribution >= 0.6 is 0 Å². The molecule has 1 amide bonds. The number of rotatable bonds is 6. The Morgan fingerprint density at radius 1 is 1.00 bits per heavy atom. The summed E-state index contributed by atoms with van der Waals surface area (Å²) in [5.74, 6) is 1.19. The van der Waals surface area contributed by atoms with Crippen LogP contribution in [0.4, 0.5) is 0 Å². The number of carbonyl (C=O) groups is 1. The average Bonchev–Trinajstić information content (AvgIpc) is 2.68. The summed E-state index contributed by atoms with van der Waals surface area (Å²) in [6.07, 6.45) is 1.48. The van der Waals surface area contributed by atoms with Gasteiger partial charge in [0.05, 0.1) is 13.5 Å². The van der Waals surface area contributed by atoms with E-state index in [0.717, 1.165) is 50.5 Å². The number of methoxy groups -OCH3 is 1.